The Kier molecular flexibility index (Phi) is 3.46. The first-order valence-electron chi connectivity index (χ1n) is 7.95. The zero-order chi connectivity index (χ0) is 16.4. The quantitative estimate of drug-likeness (QED) is 0.718. The van der Waals surface area contributed by atoms with Crippen LogP contribution in [0.3, 0.4) is 0 Å². The van der Waals surface area contributed by atoms with Gasteiger partial charge >= 0.3 is 0 Å². The molecule has 1 amide bonds. The predicted octanol–water partition coefficient (Wildman–Crippen LogP) is 2.00. The molecule has 124 valence electrons. The number of nitrogens with zero attached hydrogens (tertiary/aromatic N) is 2. The Hall–Kier alpha value is -1.15. The van der Waals surface area contributed by atoms with Crippen LogP contribution in [0.2, 0.25) is 0 Å². The Morgan fingerprint density at radius 2 is 2.13 bits per heavy atom. The van der Waals surface area contributed by atoms with E-state index < -0.39 is 11.8 Å². The normalized spacial score (nSPS) is 36.8. The highest BCUT2D eigenvalue weighted by molar-refractivity contribution is 9.10. The Morgan fingerprint density at radius 1 is 1.39 bits per heavy atom. The minimum Gasteiger partial charge on any atom is -0.490 e. The molecule has 4 rings (SSSR count). The Labute approximate surface area is 143 Å². The number of carbonyl (C=O) groups is 1. The highest BCUT2D eigenvalue weighted by Crippen LogP contribution is 2.54. The number of benzene rings is 1. The summed E-state index contributed by atoms with van der Waals surface area (Å²) in [6.45, 7) is 0. The Balaban J connectivity index is 1.98. The first-order valence-corrected chi connectivity index (χ1v) is 8.75. The molecule has 1 aromatic carbocycles. The number of hydrogen-bond acceptors (Lipinski definition) is 5. The summed E-state index contributed by atoms with van der Waals surface area (Å²) in [5.74, 6) is 0.393. The summed E-state index contributed by atoms with van der Waals surface area (Å²) in [4.78, 5) is 14.6. The third-order valence-corrected chi connectivity index (χ3v) is 6.02. The topological polar surface area (TPSA) is 79.0 Å². The zero-order valence-corrected chi connectivity index (χ0v) is 14.5. The maximum absolute atomic E-state index is 13.2. The summed E-state index contributed by atoms with van der Waals surface area (Å²) in [6, 6.07) is 5.62. The van der Waals surface area contributed by atoms with E-state index in [4.69, 9.17) is 10.5 Å². The molecule has 2 heterocycles. The van der Waals surface area contributed by atoms with Gasteiger partial charge in [-0.1, -0.05) is 22.4 Å². The molecular formula is C16H20BrN3O3. The number of fused-ring (bicyclic) bond motifs is 4. The number of carbonyl (C=O) groups excluding carboxylic acids is 1. The van der Waals surface area contributed by atoms with Crippen LogP contribution in [0.15, 0.2) is 22.7 Å². The van der Waals surface area contributed by atoms with Crippen molar-refractivity contribution in [1.82, 2.24) is 9.96 Å². The number of halogens is 1. The summed E-state index contributed by atoms with van der Waals surface area (Å²) >= 11 is 3.47. The number of likely N-dealkylation sites (N-methyl/N-ethyl adjacent to an activating group) is 1. The van der Waals surface area contributed by atoms with Crippen LogP contribution in [-0.4, -0.2) is 40.5 Å². The lowest BCUT2D eigenvalue weighted by atomic mass is 9.67. The van der Waals surface area contributed by atoms with Crippen molar-refractivity contribution in [3.05, 3.63) is 28.2 Å². The number of hydrogen-bond donors (Lipinski definition) is 2. The number of hydroxylamine groups is 2. The number of rotatable bonds is 0. The maximum atomic E-state index is 13.2. The van der Waals surface area contributed by atoms with Crippen molar-refractivity contribution in [2.45, 2.75) is 43.6 Å². The van der Waals surface area contributed by atoms with E-state index in [-0.39, 0.29) is 17.9 Å². The van der Waals surface area contributed by atoms with Crippen LogP contribution in [0.1, 0.15) is 31.2 Å². The second kappa shape index (κ2) is 5.17. The average molecular weight is 382 g/mol. The van der Waals surface area contributed by atoms with Crippen LogP contribution in [0, 0.1) is 5.92 Å². The van der Waals surface area contributed by atoms with E-state index in [9.17, 15) is 10.0 Å². The van der Waals surface area contributed by atoms with Gasteiger partial charge in [-0.25, -0.2) is 0 Å². The fourth-order valence-electron chi connectivity index (χ4n) is 4.41. The highest BCUT2D eigenvalue weighted by Gasteiger charge is 2.65. The first kappa shape index (κ1) is 15.4. The molecule has 3 N–H and O–H groups in total. The van der Waals surface area contributed by atoms with Gasteiger partial charge in [0.25, 0.3) is 5.91 Å². The second-order valence-corrected chi connectivity index (χ2v) is 7.54. The molecule has 7 heteroatoms. The van der Waals surface area contributed by atoms with Crippen LogP contribution in [0.5, 0.6) is 5.75 Å². The average Bonchev–Trinajstić information content (AvgIpc) is 2.72. The van der Waals surface area contributed by atoms with Gasteiger partial charge in [0.15, 0.2) is 11.8 Å². The smallest absolute Gasteiger partial charge is 0.252 e. The molecule has 2 aliphatic heterocycles. The summed E-state index contributed by atoms with van der Waals surface area (Å²) in [5, 5.41) is 11.9. The fourth-order valence-corrected chi connectivity index (χ4v) is 4.77. The molecule has 6 nitrogen and oxygen atoms in total. The lowest BCUT2D eigenvalue weighted by Gasteiger charge is -2.49. The van der Waals surface area contributed by atoms with Gasteiger partial charge in [0, 0.05) is 23.0 Å². The van der Waals surface area contributed by atoms with Crippen LogP contribution < -0.4 is 10.5 Å². The van der Waals surface area contributed by atoms with Crippen molar-refractivity contribution in [2.24, 2.45) is 11.7 Å². The van der Waals surface area contributed by atoms with E-state index in [1.807, 2.05) is 18.2 Å². The molecule has 4 unspecified atom stereocenters. The minimum absolute atomic E-state index is 0.0743. The van der Waals surface area contributed by atoms with Gasteiger partial charge in [-0.15, -0.1) is 5.06 Å². The maximum Gasteiger partial charge on any atom is 0.252 e. The van der Waals surface area contributed by atoms with Gasteiger partial charge < -0.3 is 14.8 Å². The second-order valence-electron chi connectivity index (χ2n) is 6.63. The SMILES string of the molecule is CN1C(=O)C2(c3cc(Br)ccc3OC3CCCCC32)N(O)C1N. The largest absolute Gasteiger partial charge is 0.490 e. The molecule has 0 aromatic heterocycles. The Bertz CT molecular complexity index is 670. The van der Waals surface area contributed by atoms with Crippen molar-refractivity contribution in [2.75, 3.05) is 7.05 Å². The van der Waals surface area contributed by atoms with Crippen LogP contribution in [-0.2, 0) is 10.3 Å². The predicted molar refractivity (Wildman–Crippen MR) is 86.6 cm³/mol. The molecule has 4 atom stereocenters. The molecule has 0 radical (unpaired) electrons. The molecule has 0 bridgehead atoms. The summed E-state index contributed by atoms with van der Waals surface area (Å²) in [7, 11) is 1.63. The van der Waals surface area contributed by atoms with E-state index in [1.165, 1.54) is 4.90 Å². The Morgan fingerprint density at radius 3 is 2.83 bits per heavy atom. The fraction of sp³-hybridized carbons (Fsp3) is 0.562. The number of nitrogens with two attached hydrogens (primary N) is 1. The third kappa shape index (κ3) is 1.88. The summed E-state index contributed by atoms with van der Waals surface area (Å²) < 4.78 is 7.02. The van der Waals surface area contributed by atoms with Crippen molar-refractivity contribution in [1.29, 1.82) is 0 Å². The summed E-state index contributed by atoms with van der Waals surface area (Å²) in [5.41, 5.74) is 5.60. The van der Waals surface area contributed by atoms with Crippen molar-refractivity contribution in [3.63, 3.8) is 0 Å². The van der Waals surface area contributed by atoms with E-state index >= 15 is 0 Å². The summed E-state index contributed by atoms with van der Waals surface area (Å²) in [6.07, 6.45) is 2.90. The van der Waals surface area contributed by atoms with Gasteiger partial charge in [0.1, 0.15) is 11.9 Å². The molecule has 1 aliphatic carbocycles. The van der Waals surface area contributed by atoms with Gasteiger partial charge in [0.2, 0.25) is 0 Å². The zero-order valence-electron chi connectivity index (χ0n) is 12.9. The van der Waals surface area contributed by atoms with Crippen molar-refractivity contribution < 1.29 is 14.7 Å². The monoisotopic (exact) mass is 381 g/mol. The van der Waals surface area contributed by atoms with Gasteiger partial charge in [0.05, 0.1) is 0 Å². The molecule has 23 heavy (non-hydrogen) atoms. The lowest BCUT2D eigenvalue weighted by Crippen LogP contribution is -2.60. The van der Waals surface area contributed by atoms with E-state index in [1.54, 1.807) is 7.05 Å². The minimum atomic E-state index is -1.16. The molecule has 1 aromatic rings. The molecule has 1 spiro atoms. The van der Waals surface area contributed by atoms with Crippen molar-refractivity contribution in [3.8, 4) is 5.75 Å². The van der Waals surface area contributed by atoms with Gasteiger partial charge in [-0.3, -0.25) is 10.5 Å². The number of amides is 1. The van der Waals surface area contributed by atoms with Crippen LogP contribution >= 0.6 is 15.9 Å². The van der Waals surface area contributed by atoms with Crippen LogP contribution in [0.25, 0.3) is 0 Å². The van der Waals surface area contributed by atoms with Gasteiger partial charge in [-0.05, 0) is 37.5 Å². The lowest BCUT2D eigenvalue weighted by molar-refractivity contribution is -0.219. The molecule has 3 aliphatic rings. The van der Waals surface area contributed by atoms with E-state index in [0.29, 0.717) is 11.3 Å². The third-order valence-electron chi connectivity index (χ3n) is 5.52. The van der Waals surface area contributed by atoms with E-state index in [0.717, 1.165) is 35.2 Å². The first-order chi connectivity index (χ1) is 11.0. The molecule has 2 fully saturated rings. The molecular weight excluding hydrogens is 362 g/mol. The standard InChI is InChI=1S/C16H20BrN3O3/c1-19-14(21)16(20(22)15(19)18)10-4-2-3-5-12(10)23-13-7-6-9(17)8-11(13)16/h6-8,10,12,15,22H,2-5,18H2,1H3. The van der Waals surface area contributed by atoms with Crippen LogP contribution in [0.4, 0.5) is 0 Å². The number of ether oxygens (including phenoxy) is 1. The molecule has 1 saturated carbocycles. The van der Waals surface area contributed by atoms with Gasteiger partial charge in [-0.2, -0.15) is 0 Å². The highest BCUT2D eigenvalue weighted by atomic mass is 79.9. The van der Waals surface area contributed by atoms with E-state index in [2.05, 4.69) is 15.9 Å². The van der Waals surface area contributed by atoms with Crippen molar-refractivity contribution >= 4 is 21.8 Å². The molecule has 1 saturated heterocycles.